The lowest BCUT2D eigenvalue weighted by Crippen LogP contribution is -2.18. The Labute approximate surface area is 140 Å². The molecule has 1 saturated heterocycles. The monoisotopic (exact) mass is 320 g/mol. The number of phenols is 1. The first-order valence-electron chi connectivity index (χ1n) is 8.37. The summed E-state index contributed by atoms with van der Waals surface area (Å²) >= 11 is 0. The highest BCUT2D eigenvalue weighted by molar-refractivity contribution is 5.99. The van der Waals surface area contributed by atoms with E-state index in [1.807, 2.05) is 12.1 Å². The fraction of sp³-hybridized carbons (Fsp3) is 0.250. The minimum absolute atomic E-state index is 0.138. The number of nitrogens with one attached hydrogen (secondary N) is 1. The van der Waals surface area contributed by atoms with Crippen molar-refractivity contribution >= 4 is 10.8 Å². The van der Waals surface area contributed by atoms with Gasteiger partial charge >= 0.3 is 0 Å². The Morgan fingerprint density at radius 1 is 1.08 bits per heavy atom. The molecule has 0 saturated carbocycles. The van der Waals surface area contributed by atoms with Crippen molar-refractivity contribution in [1.29, 1.82) is 0 Å². The van der Waals surface area contributed by atoms with Gasteiger partial charge in [0, 0.05) is 23.7 Å². The fourth-order valence-corrected chi connectivity index (χ4v) is 3.56. The highest BCUT2D eigenvalue weighted by Crippen LogP contribution is 2.33. The van der Waals surface area contributed by atoms with Crippen LogP contribution >= 0.6 is 0 Å². The second kappa shape index (κ2) is 6.13. The van der Waals surface area contributed by atoms with E-state index in [0.29, 0.717) is 10.8 Å². The summed E-state index contributed by atoms with van der Waals surface area (Å²) in [6, 6.07) is 13.4. The molecule has 3 aromatic rings. The van der Waals surface area contributed by atoms with Gasteiger partial charge in [0.1, 0.15) is 5.75 Å². The minimum atomic E-state index is -0.183. The van der Waals surface area contributed by atoms with E-state index < -0.39 is 0 Å². The third kappa shape index (κ3) is 2.69. The first-order chi connectivity index (χ1) is 11.7. The van der Waals surface area contributed by atoms with Crippen LogP contribution in [0.15, 0.2) is 53.5 Å². The second-order valence-corrected chi connectivity index (χ2v) is 6.41. The van der Waals surface area contributed by atoms with Gasteiger partial charge in [0.05, 0.1) is 5.39 Å². The summed E-state index contributed by atoms with van der Waals surface area (Å²) in [5, 5.41) is 11.4. The summed E-state index contributed by atoms with van der Waals surface area (Å²) in [5.41, 5.74) is 2.93. The van der Waals surface area contributed by atoms with Gasteiger partial charge in [0.2, 0.25) is 0 Å². The van der Waals surface area contributed by atoms with Crippen LogP contribution in [0.3, 0.4) is 0 Å². The topological polar surface area (TPSA) is 56.3 Å². The zero-order chi connectivity index (χ0) is 16.5. The van der Waals surface area contributed by atoms with Gasteiger partial charge < -0.3 is 10.1 Å². The number of benzene rings is 2. The first-order valence-corrected chi connectivity index (χ1v) is 8.37. The highest BCUT2D eigenvalue weighted by atomic mass is 16.3. The Morgan fingerprint density at radius 3 is 2.71 bits per heavy atom. The molecule has 2 N–H and O–H groups in total. The molecule has 2 heterocycles. The number of fused-ring (bicyclic) bond motifs is 1. The largest absolute Gasteiger partial charge is 0.507 e. The Hall–Kier alpha value is -2.59. The van der Waals surface area contributed by atoms with E-state index in [0.717, 1.165) is 30.8 Å². The molecule has 1 fully saturated rings. The van der Waals surface area contributed by atoms with Crippen LogP contribution in [0.2, 0.25) is 0 Å². The maximum Gasteiger partial charge on any atom is 0.255 e. The predicted octanol–water partition coefficient (Wildman–Crippen LogP) is 3.50. The standard InChI is InChI=1S/C20H20N2O2/c23-18-8-4-7-16-19(18)17(12-21-20(16)24)15-6-3-5-14(11-15)13-22-9-1-2-10-22/h3-8,11-12,23H,1-2,9-10,13H2,(H,21,24). The van der Waals surface area contributed by atoms with E-state index in [1.54, 1.807) is 24.4 Å². The van der Waals surface area contributed by atoms with Crippen molar-refractivity contribution < 1.29 is 5.11 Å². The molecule has 0 amide bonds. The Balaban J connectivity index is 1.80. The number of hydrogen-bond acceptors (Lipinski definition) is 3. The number of rotatable bonds is 3. The van der Waals surface area contributed by atoms with Gasteiger partial charge in [-0.25, -0.2) is 0 Å². The minimum Gasteiger partial charge on any atom is -0.507 e. The van der Waals surface area contributed by atoms with Crippen molar-refractivity contribution in [2.45, 2.75) is 19.4 Å². The Bertz CT molecular complexity index is 940. The number of nitrogens with zero attached hydrogens (tertiary/aromatic N) is 1. The van der Waals surface area contributed by atoms with Gasteiger partial charge in [0.25, 0.3) is 5.56 Å². The maximum atomic E-state index is 12.0. The van der Waals surface area contributed by atoms with E-state index in [1.165, 1.54) is 18.4 Å². The van der Waals surface area contributed by atoms with Crippen molar-refractivity contribution in [1.82, 2.24) is 9.88 Å². The second-order valence-electron chi connectivity index (χ2n) is 6.41. The van der Waals surface area contributed by atoms with Gasteiger partial charge in [-0.1, -0.05) is 24.3 Å². The van der Waals surface area contributed by atoms with Crippen molar-refractivity contribution in [3.8, 4) is 16.9 Å². The first kappa shape index (κ1) is 15.0. The van der Waals surface area contributed by atoms with Crippen molar-refractivity contribution in [2.75, 3.05) is 13.1 Å². The summed E-state index contributed by atoms with van der Waals surface area (Å²) in [7, 11) is 0. The zero-order valence-electron chi connectivity index (χ0n) is 13.5. The van der Waals surface area contributed by atoms with E-state index >= 15 is 0 Å². The van der Waals surface area contributed by atoms with Crippen LogP contribution in [-0.2, 0) is 6.54 Å². The third-order valence-corrected chi connectivity index (χ3v) is 4.75. The van der Waals surface area contributed by atoms with Gasteiger partial charge in [-0.15, -0.1) is 0 Å². The number of pyridine rings is 1. The van der Waals surface area contributed by atoms with E-state index in [-0.39, 0.29) is 11.3 Å². The SMILES string of the molecule is O=c1[nH]cc(-c2cccc(CN3CCCC3)c2)c2c(O)cccc12. The number of hydrogen-bond donors (Lipinski definition) is 2. The molecule has 1 aromatic heterocycles. The van der Waals surface area contributed by atoms with Crippen LogP contribution in [0.5, 0.6) is 5.75 Å². The summed E-state index contributed by atoms with van der Waals surface area (Å²) in [6.07, 6.45) is 4.25. The molecule has 4 rings (SSSR count). The highest BCUT2D eigenvalue weighted by Gasteiger charge is 2.14. The molecule has 4 heteroatoms. The molecule has 0 atom stereocenters. The smallest absolute Gasteiger partial charge is 0.255 e. The number of likely N-dealkylation sites (tertiary alicyclic amines) is 1. The van der Waals surface area contributed by atoms with Crippen LogP contribution in [0, 0.1) is 0 Å². The molecule has 0 unspecified atom stereocenters. The Morgan fingerprint density at radius 2 is 1.88 bits per heavy atom. The van der Waals surface area contributed by atoms with E-state index in [4.69, 9.17) is 0 Å². The third-order valence-electron chi connectivity index (χ3n) is 4.75. The van der Waals surface area contributed by atoms with Crippen molar-refractivity contribution in [3.63, 3.8) is 0 Å². The maximum absolute atomic E-state index is 12.0. The number of phenolic OH excluding ortho intramolecular Hbond substituents is 1. The molecule has 1 aliphatic rings. The van der Waals surface area contributed by atoms with Crippen LogP contribution in [-0.4, -0.2) is 28.1 Å². The summed E-state index contributed by atoms with van der Waals surface area (Å²) in [6.45, 7) is 3.26. The average molecular weight is 320 g/mol. The van der Waals surface area contributed by atoms with Crippen LogP contribution in [0.25, 0.3) is 21.9 Å². The van der Waals surface area contributed by atoms with Crippen molar-refractivity contribution in [2.24, 2.45) is 0 Å². The molecule has 0 bridgehead atoms. The molecular weight excluding hydrogens is 300 g/mol. The molecular formula is C20H20N2O2. The fourth-order valence-electron chi connectivity index (χ4n) is 3.56. The summed E-state index contributed by atoms with van der Waals surface area (Å²) in [4.78, 5) is 17.3. The van der Waals surface area contributed by atoms with Crippen molar-refractivity contribution in [3.05, 3.63) is 64.6 Å². The number of aromatic amines is 1. The van der Waals surface area contributed by atoms with Crippen LogP contribution in [0.4, 0.5) is 0 Å². The molecule has 0 aliphatic carbocycles. The quantitative estimate of drug-likeness (QED) is 0.776. The molecule has 24 heavy (non-hydrogen) atoms. The average Bonchev–Trinajstić information content (AvgIpc) is 3.09. The van der Waals surface area contributed by atoms with E-state index in [9.17, 15) is 9.90 Å². The Kier molecular flexibility index (Phi) is 3.82. The lowest BCUT2D eigenvalue weighted by molar-refractivity contribution is 0.331. The van der Waals surface area contributed by atoms with Gasteiger partial charge in [0.15, 0.2) is 0 Å². The number of H-pyrrole nitrogens is 1. The molecule has 2 aromatic carbocycles. The lowest BCUT2D eigenvalue weighted by Gasteiger charge is -2.15. The number of aromatic nitrogens is 1. The van der Waals surface area contributed by atoms with Crippen LogP contribution < -0.4 is 5.56 Å². The molecule has 0 radical (unpaired) electrons. The van der Waals surface area contributed by atoms with Gasteiger partial charge in [-0.05, 0) is 55.3 Å². The van der Waals surface area contributed by atoms with E-state index in [2.05, 4.69) is 22.0 Å². The lowest BCUT2D eigenvalue weighted by atomic mass is 9.98. The summed E-state index contributed by atoms with van der Waals surface area (Å²) < 4.78 is 0. The van der Waals surface area contributed by atoms with Gasteiger partial charge in [-0.2, -0.15) is 0 Å². The molecule has 4 nitrogen and oxygen atoms in total. The molecule has 0 spiro atoms. The summed E-state index contributed by atoms with van der Waals surface area (Å²) in [5.74, 6) is 0.138. The predicted molar refractivity (Wildman–Crippen MR) is 96.2 cm³/mol. The zero-order valence-corrected chi connectivity index (χ0v) is 13.5. The normalized spacial score (nSPS) is 15.2. The number of aromatic hydroxyl groups is 1. The van der Waals surface area contributed by atoms with Crippen LogP contribution in [0.1, 0.15) is 18.4 Å². The molecule has 122 valence electrons. The molecule has 1 aliphatic heterocycles. The van der Waals surface area contributed by atoms with Gasteiger partial charge in [-0.3, -0.25) is 9.69 Å².